The van der Waals surface area contributed by atoms with Gasteiger partial charge < -0.3 is 26.0 Å². The molecule has 4 rings (SSSR count). The number of amides is 3. The number of thiophene rings is 1. The van der Waals surface area contributed by atoms with Gasteiger partial charge in [-0.15, -0.1) is 11.3 Å². The summed E-state index contributed by atoms with van der Waals surface area (Å²) in [5.74, 6) is -0.363. The van der Waals surface area contributed by atoms with Crippen LogP contribution in [-0.4, -0.2) is 47.6 Å². The Labute approximate surface area is 229 Å². The molecule has 11 heteroatoms. The quantitative estimate of drug-likeness (QED) is 0.237. The summed E-state index contributed by atoms with van der Waals surface area (Å²) < 4.78 is 18.7. The van der Waals surface area contributed by atoms with Gasteiger partial charge in [0, 0.05) is 27.9 Å². The van der Waals surface area contributed by atoms with Crippen molar-refractivity contribution in [1.82, 2.24) is 15.5 Å². The Morgan fingerprint density at radius 2 is 1.77 bits per heavy atom. The van der Waals surface area contributed by atoms with E-state index in [1.807, 2.05) is 13.8 Å². The van der Waals surface area contributed by atoms with Crippen LogP contribution in [0.5, 0.6) is 11.5 Å². The van der Waals surface area contributed by atoms with Crippen molar-refractivity contribution < 1.29 is 23.5 Å². The highest BCUT2D eigenvalue weighted by Crippen LogP contribution is 2.26. The highest BCUT2D eigenvalue weighted by Gasteiger charge is 2.38. The van der Waals surface area contributed by atoms with Crippen LogP contribution in [0.15, 0.2) is 60.0 Å². The molecule has 3 aromatic rings. The maximum atomic E-state index is 13.1. The van der Waals surface area contributed by atoms with Gasteiger partial charge in [-0.2, -0.15) is 0 Å². The number of carbonyl (C=O) groups excluding carboxylic acids is 3. The second-order valence-corrected chi connectivity index (χ2v) is 10.5. The van der Waals surface area contributed by atoms with Crippen LogP contribution in [0.4, 0.5) is 4.39 Å². The van der Waals surface area contributed by atoms with Crippen molar-refractivity contribution in [3.8, 4) is 11.5 Å². The molecule has 39 heavy (non-hydrogen) atoms. The Hall–Kier alpha value is -4.25. The van der Waals surface area contributed by atoms with E-state index in [4.69, 9.17) is 15.9 Å². The fourth-order valence-corrected chi connectivity index (χ4v) is 5.26. The minimum absolute atomic E-state index is 0.0336. The molecule has 2 aromatic carbocycles. The number of carbonyl (C=O) groups is 3. The Kier molecular flexibility index (Phi) is 8.60. The van der Waals surface area contributed by atoms with Gasteiger partial charge in [0.15, 0.2) is 0 Å². The first-order chi connectivity index (χ1) is 18.6. The van der Waals surface area contributed by atoms with E-state index in [2.05, 4.69) is 10.6 Å². The van der Waals surface area contributed by atoms with Crippen molar-refractivity contribution in [1.29, 1.82) is 5.41 Å². The Morgan fingerprint density at radius 3 is 2.38 bits per heavy atom. The third-order valence-electron chi connectivity index (χ3n) is 6.42. The molecular formula is C28H30FN5O4S. The zero-order valence-corrected chi connectivity index (χ0v) is 22.4. The standard InChI is InChI=1S/C28H30FN5O4S/c1-16-11-23(28(37)33-17(2)24-12-19(15-39-24)26(30)31)34(14-16)25(35)13-32-27(36)18-3-7-21(8-4-18)38-22-9-5-20(29)6-10-22/h3-10,12,15-17,23H,11,13-14H2,1-2H3,(H3,30,31)(H,32,36)(H,33,37)/t16-,17?,23-/m0/s1. The van der Waals surface area contributed by atoms with Gasteiger partial charge in [-0.1, -0.05) is 6.92 Å². The van der Waals surface area contributed by atoms with Crippen molar-refractivity contribution in [2.75, 3.05) is 13.1 Å². The maximum Gasteiger partial charge on any atom is 0.251 e. The minimum Gasteiger partial charge on any atom is -0.457 e. The molecular weight excluding hydrogens is 521 g/mol. The van der Waals surface area contributed by atoms with Gasteiger partial charge >= 0.3 is 0 Å². The molecule has 0 spiro atoms. The molecule has 0 saturated carbocycles. The van der Waals surface area contributed by atoms with Crippen LogP contribution in [0.2, 0.25) is 0 Å². The Bertz CT molecular complexity index is 1360. The molecule has 1 unspecified atom stereocenters. The molecule has 0 radical (unpaired) electrons. The average molecular weight is 552 g/mol. The van der Waals surface area contributed by atoms with Crippen molar-refractivity contribution >= 4 is 34.9 Å². The van der Waals surface area contributed by atoms with Gasteiger partial charge in [-0.25, -0.2) is 4.39 Å². The first kappa shape index (κ1) is 27.8. The van der Waals surface area contributed by atoms with Crippen molar-refractivity contribution in [3.63, 3.8) is 0 Å². The average Bonchev–Trinajstić information content (AvgIpc) is 3.56. The third-order valence-corrected chi connectivity index (χ3v) is 7.53. The largest absolute Gasteiger partial charge is 0.457 e. The number of nitrogens with two attached hydrogens (primary N) is 1. The van der Waals surface area contributed by atoms with E-state index < -0.39 is 11.9 Å². The van der Waals surface area contributed by atoms with E-state index in [0.717, 1.165) is 4.88 Å². The van der Waals surface area contributed by atoms with Crippen LogP contribution < -0.4 is 21.1 Å². The number of nitrogens with zero attached hydrogens (tertiary/aromatic N) is 1. The van der Waals surface area contributed by atoms with Gasteiger partial charge in [0.25, 0.3) is 5.91 Å². The number of ether oxygens (including phenoxy) is 1. The second kappa shape index (κ2) is 12.1. The molecule has 204 valence electrons. The first-order valence-corrected chi connectivity index (χ1v) is 13.3. The number of nitrogens with one attached hydrogen (secondary N) is 3. The summed E-state index contributed by atoms with van der Waals surface area (Å²) in [4.78, 5) is 41.1. The van der Waals surface area contributed by atoms with Gasteiger partial charge in [0.2, 0.25) is 11.8 Å². The first-order valence-electron chi connectivity index (χ1n) is 12.4. The fourth-order valence-electron chi connectivity index (χ4n) is 4.34. The van der Waals surface area contributed by atoms with Crippen molar-refractivity contribution in [3.05, 3.63) is 81.8 Å². The summed E-state index contributed by atoms with van der Waals surface area (Å²) >= 11 is 1.40. The number of benzene rings is 2. The lowest BCUT2D eigenvalue weighted by molar-refractivity contribution is -0.138. The monoisotopic (exact) mass is 551 g/mol. The smallest absolute Gasteiger partial charge is 0.251 e. The normalized spacial score (nSPS) is 17.4. The summed E-state index contributed by atoms with van der Waals surface area (Å²) in [6.07, 6.45) is 0.525. The molecule has 0 bridgehead atoms. The summed E-state index contributed by atoms with van der Waals surface area (Å²) in [7, 11) is 0. The minimum atomic E-state index is -0.637. The highest BCUT2D eigenvalue weighted by molar-refractivity contribution is 7.10. The molecule has 1 saturated heterocycles. The molecule has 1 aromatic heterocycles. The number of halogens is 1. The highest BCUT2D eigenvalue weighted by atomic mass is 32.1. The number of nitrogen functional groups attached to an aromatic ring is 1. The van der Waals surface area contributed by atoms with Crippen molar-refractivity contribution in [2.45, 2.75) is 32.4 Å². The SMILES string of the molecule is CC(NC(=O)[C@@H]1C[C@H](C)CN1C(=O)CNC(=O)c1ccc(Oc2ccc(F)cc2)cc1)c1cc(C(=N)N)cs1. The topological polar surface area (TPSA) is 138 Å². The van der Waals surface area contributed by atoms with E-state index in [-0.39, 0.29) is 42.0 Å². The lowest BCUT2D eigenvalue weighted by atomic mass is 10.1. The molecule has 9 nitrogen and oxygen atoms in total. The van der Waals surface area contributed by atoms with Crippen molar-refractivity contribution in [2.24, 2.45) is 11.7 Å². The van der Waals surface area contributed by atoms with Crippen LogP contribution in [0.25, 0.3) is 0 Å². The van der Waals surface area contributed by atoms with E-state index in [1.54, 1.807) is 35.7 Å². The number of rotatable bonds is 9. The predicted molar refractivity (Wildman–Crippen MR) is 146 cm³/mol. The zero-order chi connectivity index (χ0) is 28.1. The van der Waals surface area contributed by atoms with Gasteiger partial charge in [0.05, 0.1) is 12.6 Å². The van der Waals surface area contributed by atoms with E-state index in [0.29, 0.717) is 35.6 Å². The number of likely N-dealkylation sites (tertiary alicyclic amines) is 1. The van der Waals surface area contributed by atoms with Crippen LogP contribution in [0.1, 0.15) is 47.1 Å². The number of hydrogen-bond donors (Lipinski definition) is 4. The third kappa shape index (κ3) is 6.99. The lowest BCUT2D eigenvalue weighted by Crippen LogP contribution is -2.49. The zero-order valence-electron chi connectivity index (χ0n) is 21.6. The molecule has 5 N–H and O–H groups in total. The second-order valence-electron chi connectivity index (χ2n) is 9.55. The summed E-state index contributed by atoms with van der Waals surface area (Å²) in [5, 5.41) is 14.9. The van der Waals surface area contributed by atoms with Crippen LogP contribution in [-0.2, 0) is 9.59 Å². The molecule has 1 fully saturated rings. The van der Waals surface area contributed by atoms with Crippen LogP contribution in [0, 0.1) is 17.1 Å². The molecule has 2 heterocycles. The fraction of sp³-hybridized carbons (Fsp3) is 0.286. The molecule has 3 amide bonds. The molecule has 1 aliphatic rings. The predicted octanol–water partition coefficient (Wildman–Crippen LogP) is 3.81. The van der Waals surface area contributed by atoms with Gasteiger partial charge in [-0.3, -0.25) is 19.8 Å². The van der Waals surface area contributed by atoms with Crippen LogP contribution >= 0.6 is 11.3 Å². The van der Waals surface area contributed by atoms with Gasteiger partial charge in [-0.05, 0) is 73.9 Å². The summed E-state index contributed by atoms with van der Waals surface area (Å²) in [5.41, 5.74) is 6.48. The van der Waals surface area contributed by atoms with Crippen LogP contribution in [0.3, 0.4) is 0 Å². The molecule has 3 atom stereocenters. The lowest BCUT2D eigenvalue weighted by Gasteiger charge is -2.25. The molecule has 0 aliphatic carbocycles. The van der Waals surface area contributed by atoms with Gasteiger partial charge in [0.1, 0.15) is 29.2 Å². The number of hydrogen-bond acceptors (Lipinski definition) is 6. The van der Waals surface area contributed by atoms with E-state index in [1.165, 1.54) is 40.5 Å². The van der Waals surface area contributed by atoms with E-state index in [9.17, 15) is 18.8 Å². The Balaban J connectivity index is 1.31. The molecule has 1 aliphatic heterocycles. The maximum absolute atomic E-state index is 13.1. The number of amidine groups is 1. The Morgan fingerprint density at radius 1 is 1.13 bits per heavy atom. The van der Waals surface area contributed by atoms with E-state index >= 15 is 0 Å². The summed E-state index contributed by atoms with van der Waals surface area (Å²) in [6.45, 7) is 3.99. The summed E-state index contributed by atoms with van der Waals surface area (Å²) in [6, 6.07) is 12.8.